The van der Waals surface area contributed by atoms with Crippen molar-refractivity contribution in [2.45, 2.75) is 19.4 Å². The first kappa shape index (κ1) is 12.7. The van der Waals surface area contributed by atoms with Gasteiger partial charge in [0.2, 0.25) is 0 Å². The van der Waals surface area contributed by atoms with E-state index in [2.05, 4.69) is 22.6 Å². The molecule has 0 radical (unpaired) electrons. The molecule has 1 aromatic heterocycles. The second-order valence-corrected chi connectivity index (χ2v) is 4.91. The molecule has 2 aromatic rings. The highest BCUT2D eigenvalue weighted by Gasteiger charge is 2.22. The van der Waals surface area contributed by atoms with Crippen molar-refractivity contribution in [2.75, 3.05) is 13.1 Å². The summed E-state index contributed by atoms with van der Waals surface area (Å²) in [6, 6.07) is 10.1. The molecule has 0 saturated heterocycles. The average molecular weight is 271 g/mol. The third kappa shape index (κ3) is 2.82. The summed E-state index contributed by atoms with van der Waals surface area (Å²) in [5.41, 5.74) is 2.24. The smallest absolute Gasteiger partial charge is 0.317 e. The molecule has 5 heteroatoms. The molecule has 104 valence electrons. The highest BCUT2D eigenvalue weighted by atomic mass is 16.5. The summed E-state index contributed by atoms with van der Waals surface area (Å²) in [5.74, 6) is 0.901. The standard InChI is InChI=1S/C15H17N3O2/c19-15(16-8-6-12-4-2-1-3-5-12)18-9-7-14-13(11-18)10-17-20-14/h1-5,10H,6-9,11H2,(H,16,19). The number of carbonyl (C=O) groups is 1. The maximum Gasteiger partial charge on any atom is 0.317 e. The van der Waals surface area contributed by atoms with Crippen molar-refractivity contribution < 1.29 is 9.32 Å². The molecule has 3 rings (SSSR count). The third-order valence-electron chi connectivity index (χ3n) is 3.52. The van der Waals surface area contributed by atoms with Crippen LogP contribution in [0.5, 0.6) is 0 Å². The summed E-state index contributed by atoms with van der Waals surface area (Å²) in [4.78, 5) is 13.9. The molecule has 0 bridgehead atoms. The lowest BCUT2D eigenvalue weighted by atomic mass is 10.1. The van der Waals surface area contributed by atoms with E-state index in [9.17, 15) is 4.79 Å². The largest absolute Gasteiger partial charge is 0.361 e. The van der Waals surface area contributed by atoms with E-state index in [1.54, 1.807) is 11.1 Å². The lowest BCUT2D eigenvalue weighted by Crippen LogP contribution is -2.43. The van der Waals surface area contributed by atoms with Gasteiger partial charge < -0.3 is 14.7 Å². The lowest BCUT2D eigenvalue weighted by molar-refractivity contribution is 0.189. The second-order valence-electron chi connectivity index (χ2n) is 4.91. The lowest BCUT2D eigenvalue weighted by Gasteiger charge is -2.25. The Kier molecular flexibility index (Phi) is 3.67. The summed E-state index contributed by atoms with van der Waals surface area (Å²) in [7, 11) is 0. The summed E-state index contributed by atoms with van der Waals surface area (Å²) in [6.45, 7) is 1.91. The fraction of sp³-hybridized carbons (Fsp3) is 0.333. The quantitative estimate of drug-likeness (QED) is 0.928. The molecule has 1 N–H and O–H groups in total. The molecule has 5 nitrogen and oxygen atoms in total. The Labute approximate surface area is 117 Å². The highest BCUT2D eigenvalue weighted by Crippen LogP contribution is 2.17. The van der Waals surface area contributed by atoms with Crippen LogP contribution >= 0.6 is 0 Å². The molecule has 1 aliphatic heterocycles. The number of carbonyl (C=O) groups excluding carboxylic acids is 1. The number of nitrogens with one attached hydrogen (secondary N) is 1. The minimum Gasteiger partial charge on any atom is -0.361 e. The molecule has 0 atom stereocenters. The normalized spacial score (nSPS) is 13.9. The molecule has 2 heterocycles. The Morgan fingerprint density at radius 2 is 2.20 bits per heavy atom. The van der Waals surface area contributed by atoms with Crippen molar-refractivity contribution in [3.63, 3.8) is 0 Å². The fourth-order valence-electron chi connectivity index (χ4n) is 2.38. The van der Waals surface area contributed by atoms with Crippen LogP contribution < -0.4 is 5.32 Å². The van der Waals surface area contributed by atoms with E-state index in [0.29, 0.717) is 19.6 Å². The monoisotopic (exact) mass is 271 g/mol. The van der Waals surface area contributed by atoms with Crippen molar-refractivity contribution >= 4 is 6.03 Å². The Morgan fingerprint density at radius 3 is 3.05 bits per heavy atom. The molecule has 1 aromatic carbocycles. The van der Waals surface area contributed by atoms with Crippen LogP contribution in [0.3, 0.4) is 0 Å². The van der Waals surface area contributed by atoms with Crippen LogP contribution in [0, 0.1) is 0 Å². The van der Waals surface area contributed by atoms with Crippen LogP contribution in [-0.4, -0.2) is 29.2 Å². The van der Waals surface area contributed by atoms with Gasteiger partial charge in [-0.2, -0.15) is 0 Å². The molecule has 2 amide bonds. The zero-order valence-corrected chi connectivity index (χ0v) is 11.2. The van der Waals surface area contributed by atoms with Crippen LogP contribution in [0.2, 0.25) is 0 Å². The van der Waals surface area contributed by atoms with Crippen LogP contribution in [0.1, 0.15) is 16.9 Å². The van der Waals surface area contributed by atoms with Gasteiger partial charge in [-0.05, 0) is 12.0 Å². The number of urea groups is 1. The molecular weight excluding hydrogens is 254 g/mol. The summed E-state index contributed by atoms with van der Waals surface area (Å²) < 4.78 is 5.11. The number of amides is 2. The summed E-state index contributed by atoms with van der Waals surface area (Å²) >= 11 is 0. The Morgan fingerprint density at radius 1 is 1.35 bits per heavy atom. The van der Waals surface area contributed by atoms with Gasteiger partial charge >= 0.3 is 6.03 Å². The number of hydrogen-bond acceptors (Lipinski definition) is 3. The number of fused-ring (bicyclic) bond motifs is 1. The Hall–Kier alpha value is -2.30. The molecule has 0 unspecified atom stereocenters. The second kappa shape index (κ2) is 5.77. The highest BCUT2D eigenvalue weighted by molar-refractivity contribution is 5.74. The van der Waals surface area contributed by atoms with Gasteiger partial charge in [-0.1, -0.05) is 35.5 Å². The van der Waals surface area contributed by atoms with Gasteiger partial charge in [-0.15, -0.1) is 0 Å². The maximum absolute atomic E-state index is 12.1. The van der Waals surface area contributed by atoms with E-state index in [4.69, 9.17) is 4.52 Å². The van der Waals surface area contributed by atoms with Crippen molar-refractivity contribution in [1.82, 2.24) is 15.4 Å². The Bertz CT molecular complexity index is 580. The van der Waals surface area contributed by atoms with Gasteiger partial charge in [-0.3, -0.25) is 0 Å². The number of aromatic nitrogens is 1. The van der Waals surface area contributed by atoms with Crippen molar-refractivity contribution in [2.24, 2.45) is 0 Å². The number of hydrogen-bond donors (Lipinski definition) is 1. The predicted molar refractivity (Wildman–Crippen MR) is 74.2 cm³/mol. The van der Waals surface area contributed by atoms with Gasteiger partial charge in [0.15, 0.2) is 0 Å². The summed E-state index contributed by atoms with van der Waals surface area (Å²) in [5, 5.41) is 6.73. The van der Waals surface area contributed by atoms with Crippen LogP contribution in [-0.2, 0) is 19.4 Å². The summed E-state index contributed by atoms with van der Waals surface area (Å²) in [6.07, 6.45) is 3.28. The van der Waals surface area contributed by atoms with Gasteiger partial charge in [0.25, 0.3) is 0 Å². The first-order valence-electron chi connectivity index (χ1n) is 6.82. The van der Waals surface area contributed by atoms with Gasteiger partial charge in [0, 0.05) is 25.1 Å². The maximum atomic E-state index is 12.1. The zero-order chi connectivity index (χ0) is 13.8. The van der Waals surface area contributed by atoms with Gasteiger partial charge in [-0.25, -0.2) is 4.79 Å². The van der Waals surface area contributed by atoms with E-state index >= 15 is 0 Å². The number of benzene rings is 1. The predicted octanol–water partition coefficient (Wildman–Crippen LogP) is 1.99. The minimum atomic E-state index is -0.0206. The third-order valence-corrected chi connectivity index (χ3v) is 3.52. The first-order chi connectivity index (χ1) is 9.83. The van der Waals surface area contributed by atoms with Crippen molar-refractivity contribution in [3.05, 3.63) is 53.4 Å². The molecule has 0 fully saturated rings. The number of rotatable bonds is 3. The first-order valence-corrected chi connectivity index (χ1v) is 6.82. The van der Waals surface area contributed by atoms with E-state index in [1.807, 2.05) is 18.2 Å². The van der Waals surface area contributed by atoms with E-state index in [1.165, 1.54) is 5.56 Å². The molecule has 1 aliphatic rings. The molecule has 0 aliphatic carbocycles. The average Bonchev–Trinajstić information content (AvgIpc) is 2.95. The topological polar surface area (TPSA) is 58.4 Å². The minimum absolute atomic E-state index is 0.0206. The van der Waals surface area contributed by atoms with Crippen LogP contribution in [0.15, 0.2) is 41.1 Å². The Balaban J connectivity index is 1.48. The van der Waals surface area contributed by atoms with E-state index in [0.717, 1.165) is 24.2 Å². The van der Waals surface area contributed by atoms with Crippen molar-refractivity contribution in [1.29, 1.82) is 0 Å². The molecule has 20 heavy (non-hydrogen) atoms. The molecule has 0 spiro atoms. The van der Waals surface area contributed by atoms with Gasteiger partial charge in [0.05, 0.1) is 12.7 Å². The van der Waals surface area contributed by atoms with Crippen molar-refractivity contribution in [3.8, 4) is 0 Å². The fourth-order valence-corrected chi connectivity index (χ4v) is 2.38. The zero-order valence-electron chi connectivity index (χ0n) is 11.2. The molecule has 0 saturated carbocycles. The van der Waals surface area contributed by atoms with Crippen LogP contribution in [0.4, 0.5) is 4.79 Å². The SMILES string of the molecule is O=C(NCCc1ccccc1)N1CCc2oncc2C1. The van der Waals surface area contributed by atoms with E-state index in [-0.39, 0.29) is 6.03 Å². The number of nitrogens with zero attached hydrogens (tertiary/aromatic N) is 2. The van der Waals surface area contributed by atoms with Crippen LogP contribution in [0.25, 0.3) is 0 Å². The van der Waals surface area contributed by atoms with Gasteiger partial charge in [0.1, 0.15) is 5.76 Å². The van der Waals surface area contributed by atoms with E-state index < -0.39 is 0 Å². The molecular formula is C15H17N3O2.